The largest absolute Gasteiger partial charge is 0.352 e. The van der Waals surface area contributed by atoms with Crippen molar-refractivity contribution in [3.63, 3.8) is 0 Å². The SMILES string of the molecule is Cc1ccc(CNC(=O)CC2c3ccccc3N=C(N(C)CCCCCN(C)C)N2c2ccc(-c3ccccn3)cc2)cc1. The number of guanidine groups is 1. The minimum atomic E-state index is -0.214. The summed E-state index contributed by atoms with van der Waals surface area (Å²) in [5, 5.41) is 3.17. The Hall–Kier alpha value is -4.49. The van der Waals surface area contributed by atoms with Gasteiger partial charge in [-0.05, 0) is 76.3 Å². The van der Waals surface area contributed by atoms with Gasteiger partial charge in [-0.25, -0.2) is 4.99 Å². The number of carbonyl (C=O) groups is 1. The van der Waals surface area contributed by atoms with Crippen LogP contribution in [-0.4, -0.2) is 60.9 Å². The zero-order valence-electron chi connectivity index (χ0n) is 26.4. The van der Waals surface area contributed by atoms with Crippen LogP contribution in [0.25, 0.3) is 11.3 Å². The van der Waals surface area contributed by atoms with E-state index in [1.54, 1.807) is 0 Å². The first-order valence-corrected chi connectivity index (χ1v) is 15.6. The number of aromatic nitrogens is 1. The van der Waals surface area contributed by atoms with E-state index < -0.39 is 0 Å². The number of carbonyl (C=O) groups excluding carboxylic acids is 1. The van der Waals surface area contributed by atoms with Crippen molar-refractivity contribution >= 4 is 23.2 Å². The van der Waals surface area contributed by atoms with Gasteiger partial charge in [-0.15, -0.1) is 0 Å². The molecular formula is C37H44N6O. The van der Waals surface area contributed by atoms with Crippen LogP contribution < -0.4 is 10.2 Å². The van der Waals surface area contributed by atoms with E-state index in [2.05, 4.69) is 114 Å². The van der Waals surface area contributed by atoms with Crippen molar-refractivity contribution in [2.75, 3.05) is 39.1 Å². The second-order valence-electron chi connectivity index (χ2n) is 11.9. The minimum absolute atomic E-state index is 0.00747. The van der Waals surface area contributed by atoms with Crippen LogP contribution in [0, 0.1) is 6.92 Å². The van der Waals surface area contributed by atoms with Gasteiger partial charge in [0.25, 0.3) is 0 Å². The molecule has 1 amide bonds. The number of aliphatic imine (C=N–C) groups is 1. The van der Waals surface area contributed by atoms with Crippen molar-refractivity contribution in [1.82, 2.24) is 20.1 Å². The summed E-state index contributed by atoms with van der Waals surface area (Å²) in [7, 11) is 6.35. The molecule has 2 heterocycles. The molecule has 0 radical (unpaired) electrons. The highest BCUT2D eigenvalue weighted by Gasteiger charge is 2.34. The lowest BCUT2D eigenvalue weighted by Gasteiger charge is -2.41. The molecular weight excluding hydrogens is 544 g/mol. The Balaban J connectivity index is 1.43. The zero-order valence-corrected chi connectivity index (χ0v) is 26.4. The number of fused-ring (bicyclic) bond motifs is 1. The number of amides is 1. The first-order chi connectivity index (χ1) is 21.4. The number of unbranched alkanes of at least 4 members (excludes halogenated alkanes) is 2. The van der Waals surface area contributed by atoms with Crippen molar-refractivity contribution in [3.05, 3.63) is 114 Å². The van der Waals surface area contributed by atoms with Gasteiger partial charge < -0.3 is 20.0 Å². The smallest absolute Gasteiger partial charge is 0.222 e. The van der Waals surface area contributed by atoms with Gasteiger partial charge >= 0.3 is 0 Å². The van der Waals surface area contributed by atoms with Gasteiger partial charge in [0.1, 0.15) is 0 Å². The number of nitrogens with one attached hydrogen (secondary N) is 1. The molecule has 1 atom stereocenters. The molecule has 0 aliphatic carbocycles. The third kappa shape index (κ3) is 7.91. The molecule has 0 fully saturated rings. The van der Waals surface area contributed by atoms with Gasteiger partial charge in [-0.1, -0.05) is 72.6 Å². The quantitative estimate of drug-likeness (QED) is 0.181. The maximum Gasteiger partial charge on any atom is 0.222 e. The lowest BCUT2D eigenvalue weighted by Crippen LogP contribution is -2.47. The second-order valence-corrected chi connectivity index (χ2v) is 11.9. The molecule has 1 aromatic heterocycles. The summed E-state index contributed by atoms with van der Waals surface area (Å²) in [5.74, 6) is 0.867. The molecule has 44 heavy (non-hydrogen) atoms. The van der Waals surface area contributed by atoms with E-state index in [0.29, 0.717) is 13.0 Å². The number of nitrogens with zero attached hydrogens (tertiary/aromatic N) is 5. The molecule has 228 valence electrons. The van der Waals surface area contributed by atoms with Crippen LogP contribution in [0.3, 0.4) is 0 Å². The lowest BCUT2D eigenvalue weighted by atomic mass is 9.97. The monoisotopic (exact) mass is 588 g/mol. The van der Waals surface area contributed by atoms with Crippen molar-refractivity contribution < 1.29 is 4.79 Å². The van der Waals surface area contributed by atoms with Crippen LogP contribution >= 0.6 is 0 Å². The molecule has 0 spiro atoms. The fraction of sp³-hybridized carbons (Fsp3) is 0.324. The summed E-state index contributed by atoms with van der Waals surface area (Å²) >= 11 is 0. The Morgan fingerprint density at radius 1 is 0.841 bits per heavy atom. The van der Waals surface area contributed by atoms with Crippen LogP contribution in [0.4, 0.5) is 11.4 Å². The topological polar surface area (TPSA) is 64.1 Å². The van der Waals surface area contributed by atoms with E-state index in [1.165, 1.54) is 12.0 Å². The van der Waals surface area contributed by atoms with E-state index in [0.717, 1.165) is 65.6 Å². The van der Waals surface area contributed by atoms with Crippen molar-refractivity contribution in [3.8, 4) is 11.3 Å². The van der Waals surface area contributed by atoms with E-state index in [4.69, 9.17) is 4.99 Å². The van der Waals surface area contributed by atoms with Crippen molar-refractivity contribution in [2.45, 2.75) is 45.2 Å². The van der Waals surface area contributed by atoms with Crippen molar-refractivity contribution in [2.24, 2.45) is 4.99 Å². The summed E-state index contributed by atoms with van der Waals surface area (Å²) in [6, 6.07) is 30.7. The molecule has 1 unspecified atom stereocenters. The molecule has 1 aliphatic rings. The average molecular weight is 589 g/mol. The van der Waals surface area contributed by atoms with Crippen LogP contribution in [0.1, 0.15) is 48.4 Å². The number of aryl methyl sites for hydroxylation is 1. The Bertz CT molecular complexity index is 1530. The van der Waals surface area contributed by atoms with Crippen molar-refractivity contribution in [1.29, 1.82) is 0 Å². The third-order valence-electron chi connectivity index (χ3n) is 8.08. The van der Waals surface area contributed by atoms with Gasteiger partial charge in [0.15, 0.2) is 0 Å². The summed E-state index contributed by atoms with van der Waals surface area (Å²) in [5.41, 5.74) is 7.23. The van der Waals surface area contributed by atoms with Crippen LogP contribution in [0.15, 0.2) is 102 Å². The molecule has 7 heteroatoms. The van der Waals surface area contributed by atoms with E-state index in [-0.39, 0.29) is 11.9 Å². The van der Waals surface area contributed by atoms with E-state index in [9.17, 15) is 4.79 Å². The maximum atomic E-state index is 13.5. The van der Waals surface area contributed by atoms with Gasteiger partial charge in [0, 0.05) is 43.1 Å². The number of hydrogen-bond donors (Lipinski definition) is 1. The molecule has 0 bridgehead atoms. The maximum absolute atomic E-state index is 13.5. The van der Waals surface area contributed by atoms with Gasteiger partial charge in [-0.3, -0.25) is 9.78 Å². The number of benzene rings is 3. The Labute approximate surface area is 262 Å². The summed E-state index contributed by atoms with van der Waals surface area (Å²) in [4.78, 5) is 30.0. The predicted octanol–water partition coefficient (Wildman–Crippen LogP) is 6.98. The minimum Gasteiger partial charge on any atom is -0.352 e. The van der Waals surface area contributed by atoms with Crippen LogP contribution in [0.2, 0.25) is 0 Å². The average Bonchev–Trinajstić information content (AvgIpc) is 3.04. The summed E-state index contributed by atoms with van der Waals surface area (Å²) < 4.78 is 0. The molecule has 3 aromatic carbocycles. The Kier molecular flexibility index (Phi) is 10.4. The fourth-order valence-corrected chi connectivity index (χ4v) is 5.61. The third-order valence-corrected chi connectivity index (χ3v) is 8.08. The number of hydrogen-bond acceptors (Lipinski definition) is 6. The second kappa shape index (κ2) is 14.8. The highest BCUT2D eigenvalue weighted by Crippen LogP contribution is 2.40. The molecule has 4 aromatic rings. The Morgan fingerprint density at radius 3 is 2.30 bits per heavy atom. The van der Waals surface area contributed by atoms with Gasteiger partial charge in [0.05, 0.1) is 23.8 Å². The molecule has 1 aliphatic heterocycles. The number of para-hydroxylation sites is 1. The zero-order chi connectivity index (χ0) is 30.9. The first kappa shape index (κ1) is 31.0. The Morgan fingerprint density at radius 2 is 1.57 bits per heavy atom. The first-order valence-electron chi connectivity index (χ1n) is 15.6. The van der Waals surface area contributed by atoms with Crippen LogP contribution in [-0.2, 0) is 11.3 Å². The number of rotatable bonds is 12. The number of anilines is 1. The van der Waals surface area contributed by atoms with E-state index >= 15 is 0 Å². The molecule has 0 saturated carbocycles. The predicted molar refractivity (Wildman–Crippen MR) is 181 cm³/mol. The molecule has 5 rings (SSSR count). The van der Waals surface area contributed by atoms with E-state index in [1.807, 2.05) is 36.5 Å². The molecule has 0 saturated heterocycles. The van der Waals surface area contributed by atoms with Gasteiger partial charge in [-0.2, -0.15) is 0 Å². The normalized spacial score (nSPS) is 14.2. The molecule has 7 nitrogen and oxygen atoms in total. The molecule has 1 N–H and O–H groups in total. The lowest BCUT2D eigenvalue weighted by molar-refractivity contribution is -0.121. The highest BCUT2D eigenvalue weighted by molar-refractivity contribution is 6.01. The summed E-state index contributed by atoms with van der Waals surface area (Å²) in [6.45, 7) is 4.54. The summed E-state index contributed by atoms with van der Waals surface area (Å²) in [6.07, 6.45) is 5.50. The van der Waals surface area contributed by atoms with Crippen LogP contribution in [0.5, 0.6) is 0 Å². The standard InChI is InChI=1S/C37H44N6O/c1-28-15-17-29(18-16-28)27-39-36(44)26-35-32-12-6-7-14-34(32)40-37(42(4)25-11-5-10-24-41(2)3)43(35)31-21-19-30(20-22-31)33-13-8-9-23-38-33/h6-9,12-23,35H,5,10-11,24-27H2,1-4H3,(H,39,44). The highest BCUT2D eigenvalue weighted by atomic mass is 16.1. The fourth-order valence-electron chi connectivity index (χ4n) is 5.61. The van der Waals surface area contributed by atoms with Gasteiger partial charge in [0.2, 0.25) is 11.9 Å². The number of pyridine rings is 1.